The smallest absolute Gasteiger partial charge is 0.239 e. The average Bonchev–Trinajstić information content (AvgIpc) is 2.79. The van der Waals surface area contributed by atoms with Crippen molar-refractivity contribution in [2.75, 3.05) is 20.6 Å². The number of benzene rings is 1. The zero-order chi connectivity index (χ0) is 13.1. The summed E-state index contributed by atoms with van der Waals surface area (Å²) in [5, 5.41) is 0.778. The number of carbonyl (C=O) groups is 1. The monoisotopic (exact) mass is 266 g/mol. The van der Waals surface area contributed by atoms with Crippen LogP contribution in [0.5, 0.6) is 0 Å². The van der Waals surface area contributed by atoms with Crippen LogP contribution in [0.4, 0.5) is 0 Å². The van der Waals surface area contributed by atoms with Crippen molar-refractivity contribution in [3.05, 3.63) is 34.9 Å². The molecule has 1 atom stereocenters. The SMILES string of the molecule is CN(C)C(=O)C1CCCN1Cc1ccccc1Cl. The van der Waals surface area contributed by atoms with Crippen LogP contribution in [0.1, 0.15) is 18.4 Å². The molecule has 1 aromatic carbocycles. The Labute approximate surface area is 113 Å². The summed E-state index contributed by atoms with van der Waals surface area (Å²) in [6, 6.07) is 7.85. The van der Waals surface area contributed by atoms with Crippen LogP contribution in [0, 0.1) is 0 Å². The van der Waals surface area contributed by atoms with Crippen molar-refractivity contribution < 1.29 is 4.79 Å². The topological polar surface area (TPSA) is 23.6 Å². The fraction of sp³-hybridized carbons (Fsp3) is 0.500. The maximum absolute atomic E-state index is 12.1. The van der Waals surface area contributed by atoms with Crippen LogP contribution in [-0.4, -0.2) is 42.4 Å². The number of halogens is 1. The molecule has 1 unspecified atom stereocenters. The molecule has 0 aromatic heterocycles. The quantitative estimate of drug-likeness (QED) is 0.839. The van der Waals surface area contributed by atoms with E-state index in [4.69, 9.17) is 11.6 Å². The van der Waals surface area contributed by atoms with E-state index < -0.39 is 0 Å². The molecule has 4 heteroatoms. The number of likely N-dealkylation sites (tertiary alicyclic amines) is 1. The standard InChI is InChI=1S/C14H19ClN2O/c1-16(2)14(18)13-8-5-9-17(13)10-11-6-3-4-7-12(11)15/h3-4,6-7,13H,5,8-10H2,1-2H3. The summed E-state index contributed by atoms with van der Waals surface area (Å²) in [4.78, 5) is 16.0. The highest BCUT2D eigenvalue weighted by Crippen LogP contribution is 2.24. The van der Waals surface area contributed by atoms with Gasteiger partial charge < -0.3 is 4.90 Å². The van der Waals surface area contributed by atoms with Crippen molar-refractivity contribution in [3.8, 4) is 0 Å². The number of likely N-dealkylation sites (N-methyl/N-ethyl adjacent to an activating group) is 1. The summed E-state index contributed by atoms with van der Waals surface area (Å²) < 4.78 is 0. The zero-order valence-corrected chi connectivity index (χ0v) is 11.7. The van der Waals surface area contributed by atoms with Gasteiger partial charge in [0.1, 0.15) is 0 Å². The minimum Gasteiger partial charge on any atom is -0.347 e. The summed E-state index contributed by atoms with van der Waals surface area (Å²) >= 11 is 6.17. The van der Waals surface area contributed by atoms with Gasteiger partial charge in [0.15, 0.2) is 0 Å². The Morgan fingerprint density at radius 2 is 2.17 bits per heavy atom. The molecule has 0 spiro atoms. The molecule has 0 bridgehead atoms. The number of hydrogen-bond donors (Lipinski definition) is 0. The van der Waals surface area contributed by atoms with Crippen molar-refractivity contribution in [3.63, 3.8) is 0 Å². The van der Waals surface area contributed by atoms with Crippen LogP contribution in [-0.2, 0) is 11.3 Å². The second-order valence-corrected chi connectivity index (χ2v) is 5.36. The minimum absolute atomic E-state index is 0.0104. The number of nitrogens with zero attached hydrogens (tertiary/aromatic N) is 2. The number of rotatable bonds is 3. The number of amides is 1. The highest BCUT2D eigenvalue weighted by atomic mass is 35.5. The first-order valence-electron chi connectivity index (χ1n) is 6.28. The molecule has 1 aliphatic heterocycles. The van der Waals surface area contributed by atoms with E-state index in [0.29, 0.717) is 0 Å². The fourth-order valence-corrected chi connectivity index (χ4v) is 2.63. The molecule has 2 rings (SSSR count). The molecule has 0 saturated carbocycles. The molecule has 0 aliphatic carbocycles. The molecule has 18 heavy (non-hydrogen) atoms. The lowest BCUT2D eigenvalue weighted by Gasteiger charge is -2.26. The van der Waals surface area contributed by atoms with Crippen molar-refractivity contribution in [2.24, 2.45) is 0 Å². The van der Waals surface area contributed by atoms with Crippen molar-refractivity contribution in [2.45, 2.75) is 25.4 Å². The highest BCUT2D eigenvalue weighted by Gasteiger charge is 2.31. The van der Waals surface area contributed by atoms with Crippen LogP contribution >= 0.6 is 11.6 Å². The summed E-state index contributed by atoms with van der Waals surface area (Å²) in [6.45, 7) is 1.72. The lowest BCUT2D eigenvalue weighted by Crippen LogP contribution is -2.42. The third-order valence-electron chi connectivity index (χ3n) is 3.42. The predicted octanol–water partition coefficient (Wildman–Crippen LogP) is 2.39. The highest BCUT2D eigenvalue weighted by molar-refractivity contribution is 6.31. The molecule has 1 fully saturated rings. The van der Waals surface area contributed by atoms with Gasteiger partial charge in [-0.3, -0.25) is 9.69 Å². The van der Waals surface area contributed by atoms with E-state index in [1.54, 1.807) is 4.90 Å². The second kappa shape index (κ2) is 5.72. The summed E-state index contributed by atoms with van der Waals surface area (Å²) in [6.07, 6.45) is 2.02. The van der Waals surface area contributed by atoms with Crippen LogP contribution in [0.2, 0.25) is 5.02 Å². The van der Waals surface area contributed by atoms with E-state index in [1.165, 1.54) is 0 Å². The second-order valence-electron chi connectivity index (χ2n) is 4.95. The third kappa shape index (κ3) is 2.85. The Balaban J connectivity index is 2.09. The molecular weight excluding hydrogens is 248 g/mol. The van der Waals surface area contributed by atoms with Gasteiger partial charge in [-0.2, -0.15) is 0 Å². The van der Waals surface area contributed by atoms with Gasteiger partial charge in [0.2, 0.25) is 5.91 Å². The van der Waals surface area contributed by atoms with Crippen molar-refractivity contribution in [1.82, 2.24) is 9.80 Å². The van der Waals surface area contributed by atoms with Gasteiger partial charge in [-0.1, -0.05) is 29.8 Å². The van der Waals surface area contributed by atoms with Crippen molar-refractivity contribution >= 4 is 17.5 Å². The van der Waals surface area contributed by atoms with Crippen LogP contribution in [0.25, 0.3) is 0 Å². The van der Waals surface area contributed by atoms with E-state index in [-0.39, 0.29) is 11.9 Å². The summed E-state index contributed by atoms with van der Waals surface area (Å²) in [5.74, 6) is 0.194. The van der Waals surface area contributed by atoms with Gasteiger partial charge in [0, 0.05) is 25.7 Å². The normalized spacial score (nSPS) is 20.1. The molecular formula is C14H19ClN2O. The largest absolute Gasteiger partial charge is 0.347 e. The molecule has 3 nitrogen and oxygen atoms in total. The van der Waals surface area contributed by atoms with Crippen LogP contribution < -0.4 is 0 Å². The Hall–Kier alpha value is -1.06. The minimum atomic E-state index is 0.0104. The van der Waals surface area contributed by atoms with E-state index in [9.17, 15) is 4.79 Å². The van der Waals surface area contributed by atoms with E-state index in [0.717, 1.165) is 36.5 Å². The van der Waals surface area contributed by atoms with Gasteiger partial charge >= 0.3 is 0 Å². The molecule has 1 amide bonds. The van der Waals surface area contributed by atoms with Gasteiger partial charge in [-0.15, -0.1) is 0 Å². The van der Waals surface area contributed by atoms with E-state index >= 15 is 0 Å². The Morgan fingerprint density at radius 1 is 1.44 bits per heavy atom. The summed E-state index contributed by atoms with van der Waals surface area (Å²) in [7, 11) is 3.63. The lowest BCUT2D eigenvalue weighted by atomic mass is 10.1. The van der Waals surface area contributed by atoms with Crippen molar-refractivity contribution in [1.29, 1.82) is 0 Å². The van der Waals surface area contributed by atoms with Gasteiger partial charge in [-0.05, 0) is 31.0 Å². The zero-order valence-electron chi connectivity index (χ0n) is 10.9. The molecule has 1 aliphatic rings. The Bertz CT molecular complexity index is 434. The summed E-state index contributed by atoms with van der Waals surface area (Å²) in [5.41, 5.74) is 1.10. The maximum atomic E-state index is 12.1. The molecule has 1 saturated heterocycles. The average molecular weight is 267 g/mol. The first-order chi connectivity index (χ1) is 8.59. The molecule has 98 valence electrons. The first-order valence-corrected chi connectivity index (χ1v) is 6.66. The lowest BCUT2D eigenvalue weighted by molar-refractivity contribution is -0.133. The van der Waals surface area contributed by atoms with Crippen LogP contribution in [0.15, 0.2) is 24.3 Å². The third-order valence-corrected chi connectivity index (χ3v) is 3.79. The van der Waals surface area contributed by atoms with E-state index in [2.05, 4.69) is 4.90 Å². The maximum Gasteiger partial charge on any atom is 0.239 e. The molecule has 0 radical (unpaired) electrons. The Morgan fingerprint density at radius 3 is 2.83 bits per heavy atom. The molecule has 1 aromatic rings. The number of carbonyl (C=O) groups excluding carboxylic acids is 1. The Kier molecular flexibility index (Phi) is 4.25. The fourth-order valence-electron chi connectivity index (χ4n) is 2.44. The van der Waals surface area contributed by atoms with E-state index in [1.807, 2.05) is 38.4 Å². The molecule has 0 N–H and O–H groups in total. The molecule has 1 heterocycles. The van der Waals surface area contributed by atoms with Gasteiger partial charge in [0.25, 0.3) is 0 Å². The number of hydrogen-bond acceptors (Lipinski definition) is 2. The van der Waals surface area contributed by atoms with Gasteiger partial charge in [0.05, 0.1) is 6.04 Å². The first kappa shape index (κ1) is 13.4. The van der Waals surface area contributed by atoms with Gasteiger partial charge in [-0.25, -0.2) is 0 Å². The predicted molar refractivity (Wildman–Crippen MR) is 73.6 cm³/mol. The van der Waals surface area contributed by atoms with Crippen LogP contribution in [0.3, 0.4) is 0 Å².